The third-order valence-corrected chi connectivity index (χ3v) is 4.32. The Morgan fingerprint density at radius 2 is 1.54 bits per heavy atom. The molecule has 0 radical (unpaired) electrons. The van der Waals surface area contributed by atoms with E-state index in [1.807, 2.05) is 72.6 Å². The van der Waals surface area contributed by atoms with Crippen LogP contribution in [0.3, 0.4) is 0 Å². The van der Waals surface area contributed by atoms with E-state index in [1.54, 1.807) is 12.1 Å². The highest BCUT2D eigenvalue weighted by Gasteiger charge is 2.21. The third kappa shape index (κ3) is 5.31. The fourth-order valence-electron chi connectivity index (χ4n) is 3.08. The summed E-state index contributed by atoms with van der Waals surface area (Å²) in [4.78, 5) is 26.2. The minimum absolute atomic E-state index is 0.0721. The van der Waals surface area contributed by atoms with Crippen LogP contribution in [0.5, 0.6) is 0 Å². The van der Waals surface area contributed by atoms with Gasteiger partial charge in [0.05, 0.1) is 25.4 Å². The van der Waals surface area contributed by atoms with Crippen molar-refractivity contribution in [1.29, 1.82) is 0 Å². The van der Waals surface area contributed by atoms with Crippen molar-refractivity contribution in [2.75, 3.05) is 13.6 Å². The fraction of sp³-hybridized carbons (Fsp3) is 0.182. The molecular weight excluding hydrogens is 354 g/mol. The van der Waals surface area contributed by atoms with Gasteiger partial charge in [-0.3, -0.25) is 15.0 Å². The lowest BCUT2D eigenvalue weighted by Gasteiger charge is -2.28. The van der Waals surface area contributed by atoms with Crippen LogP contribution < -0.4 is 10.6 Å². The van der Waals surface area contributed by atoms with Crippen LogP contribution in [-0.4, -0.2) is 30.4 Å². The lowest BCUT2D eigenvalue weighted by atomic mass is 9.97. The quantitative estimate of drug-likeness (QED) is 0.662. The summed E-state index contributed by atoms with van der Waals surface area (Å²) < 4.78 is 5.15. The van der Waals surface area contributed by atoms with Crippen LogP contribution in [-0.2, 0) is 11.3 Å². The third-order valence-electron chi connectivity index (χ3n) is 4.32. The van der Waals surface area contributed by atoms with E-state index in [-0.39, 0.29) is 25.0 Å². The number of nitrogens with one attached hydrogen (secondary N) is 2. The normalized spacial score (nSPS) is 10.8. The molecule has 1 aromatic heterocycles. The second-order valence-electron chi connectivity index (χ2n) is 6.45. The maximum atomic E-state index is 12.4. The van der Waals surface area contributed by atoms with Crippen molar-refractivity contribution in [2.24, 2.45) is 0 Å². The molecule has 0 saturated carbocycles. The van der Waals surface area contributed by atoms with E-state index in [0.717, 1.165) is 11.1 Å². The second-order valence-corrected chi connectivity index (χ2v) is 6.45. The number of imide groups is 1. The number of hydrogen-bond acceptors (Lipinski definition) is 4. The molecule has 0 aliphatic carbocycles. The van der Waals surface area contributed by atoms with Crippen LogP contribution in [0, 0.1) is 0 Å². The van der Waals surface area contributed by atoms with E-state index >= 15 is 0 Å². The minimum atomic E-state index is -0.550. The molecule has 6 nitrogen and oxygen atoms in total. The van der Waals surface area contributed by atoms with Crippen molar-refractivity contribution in [3.63, 3.8) is 0 Å². The Morgan fingerprint density at radius 3 is 2.07 bits per heavy atom. The second kappa shape index (κ2) is 9.53. The molecule has 0 unspecified atom stereocenters. The monoisotopic (exact) mass is 377 g/mol. The fourth-order valence-corrected chi connectivity index (χ4v) is 3.08. The van der Waals surface area contributed by atoms with Gasteiger partial charge in [-0.05, 0) is 30.3 Å². The van der Waals surface area contributed by atoms with Crippen LogP contribution in [0.2, 0.25) is 0 Å². The van der Waals surface area contributed by atoms with E-state index in [2.05, 4.69) is 10.6 Å². The molecule has 0 spiro atoms. The molecule has 0 saturated heterocycles. The van der Waals surface area contributed by atoms with E-state index in [0.29, 0.717) is 5.76 Å². The summed E-state index contributed by atoms with van der Waals surface area (Å²) in [5.74, 6) is 0.240. The van der Waals surface area contributed by atoms with Gasteiger partial charge < -0.3 is 9.73 Å². The molecule has 3 rings (SSSR count). The predicted molar refractivity (Wildman–Crippen MR) is 106 cm³/mol. The number of amides is 3. The van der Waals surface area contributed by atoms with E-state index in [1.165, 1.54) is 6.26 Å². The summed E-state index contributed by atoms with van der Waals surface area (Å²) in [7, 11) is 1.87. The number of carbonyl (C=O) groups excluding carboxylic acids is 2. The molecule has 0 fully saturated rings. The van der Waals surface area contributed by atoms with Crippen molar-refractivity contribution in [3.05, 3.63) is 95.9 Å². The summed E-state index contributed by atoms with van der Waals surface area (Å²) in [5.41, 5.74) is 2.15. The first-order chi connectivity index (χ1) is 13.6. The van der Waals surface area contributed by atoms with Crippen molar-refractivity contribution in [1.82, 2.24) is 15.5 Å². The van der Waals surface area contributed by atoms with Crippen LogP contribution >= 0.6 is 0 Å². The SMILES string of the molecule is CN(CC(=O)NC(=O)NCc1ccco1)C(c1ccccc1)c1ccccc1. The van der Waals surface area contributed by atoms with Crippen molar-refractivity contribution in [3.8, 4) is 0 Å². The molecule has 2 N–H and O–H groups in total. The van der Waals surface area contributed by atoms with Gasteiger partial charge in [0.2, 0.25) is 5.91 Å². The first kappa shape index (κ1) is 19.4. The number of nitrogens with zero attached hydrogens (tertiary/aromatic N) is 1. The average Bonchev–Trinajstić information content (AvgIpc) is 3.22. The highest BCUT2D eigenvalue weighted by atomic mass is 16.3. The van der Waals surface area contributed by atoms with Gasteiger partial charge in [0.15, 0.2) is 0 Å². The van der Waals surface area contributed by atoms with Crippen molar-refractivity contribution >= 4 is 11.9 Å². The molecular formula is C22H23N3O3. The molecule has 2 aromatic carbocycles. The van der Waals surface area contributed by atoms with Gasteiger partial charge in [0.1, 0.15) is 5.76 Å². The minimum Gasteiger partial charge on any atom is -0.467 e. The van der Waals surface area contributed by atoms with Crippen LogP contribution in [0.25, 0.3) is 0 Å². The molecule has 28 heavy (non-hydrogen) atoms. The molecule has 0 atom stereocenters. The van der Waals surface area contributed by atoms with E-state index < -0.39 is 6.03 Å². The van der Waals surface area contributed by atoms with Gasteiger partial charge in [-0.25, -0.2) is 4.79 Å². The van der Waals surface area contributed by atoms with Crippen LogP contribution in [0.1, 0.15) is 22.9 Å². The van der Waals surface area contributed by atoms with E-state index in [4.69, 9.17) is 4.42 Å². The largest absolute Gasteiger partial charge is 0.467 e. The Balaban J connectivity index is 1.62. The Bertz CT molecular complexity index is 840. The average molecular weight is 377 g/mol. The lowest BCUT2D eigenvalue weighted by Crippen LogP contribution is -2.44. The van der Waals surface area contributed by atoms with Crippen LogP contribution in [0.15, 0.2) is 83.5 Å². The Hall–Kier alpha value is -3.38. The zero-order valence-corrected chi connectivity index (χ0v) is 15.7. The molecule has 1 heterocycles. The van der Waals surface area contributed by atoms with Gasteiger partial charge in [0.25, 0.3) is 0 Å². The maximum Gasteiger partial charge on any atom is 0.321 e. The van der Waals surface area contributed by atoms with Gasteiger partial charge in [-0.1, -0.05) is 60.7 Å². The summed E-state index contributed by atoms with van der Waals surface area (Å²) in [5, 5.41) is 4.96. The number of hydrogen-bond donors (Lipinski definition) is 2. The summed E-state index contributed by atoms with van der Waals surface area (Å²) in [6.07, 6.45) is 1.53. The highest BCUT2D eigenvalue weighted by Crippen LogP contribution is 2.27. The topological polar surface area (TPSA) is 74.6 Å². The van der Waals surface area contributed by atoms with Crippen LogP contribution in [0.4, 0.5) is 4.79 Å². The van der Waals surface area contributed by atoms with E-state index in [9.17, 15) is 9.59 Å². The molecule has 3 amide bonds. The molecule has 6 heteroatoms. The first-order valence-electron chi connectivity index (χ1n) is 9.03. The molecule has 144 valence electrons. The summed E-state index contributed by atoms with van der Waals surface area (Å²) in [6, 6.07) is 22.8. The number of urea groups is 1. The smallest absolute Gasteiger partial charge is 0.321 e. The number of likely N-dealkylation sites (N-methyl/N-ethyl adjacent to an activating group) is 1. The summed E-state index contributed by atoms with van der Waals surface area (Å²) >= 11 is 0. The van der Waals surface area contributed by atoms with Crippen molar-refractivity contribution < 1.29 is 14.0 Å². The molecule has 0 aliphatic heterocycles. The number of rotatable bonds is 7. The van der Waals surface area contributed by atoms with Gasteiger partial charge in [-0.15, -0.1) is 0 Å². The van der Waals surface area contributed by atoms with Gasteiger partial charge in [-0.2, -0.15) is 0 Å². The Labute approximate surface area is 164 Å². The zero-order valence-electron chi connectivity index (χ0n) is 15.7. The van der Waals surface area contributed by atoms with Gasteiger partial charge >= 0.3 is 6.03 Å². The Morgan fingerprint density at radius 1 is 0.929 bits per heavy atom. The lowest BCUT2D eigenvalue weighted by molar-refractivity contribution is -0.121. The first-order valence-corrected chi connectivity index (χ1v) is 9.03. The maximum absolute atomic E-state index is 12.4. The Kier molecular flexibility index (Phi) is 6.59. The number of carbonyl (C=O) groups is 2. The number of furan rings is 1. The predicted octanol–water partition coefficient (Wildman–Crippen LogP) is 3.33. The number of benzene rings is 2. The van der Waals surface area contributed by atoms with Gasteiger partial charge in [0, 0.05) is 0 Å². The standard InChI is InChI=1S/C22H23N3O3/c1-25(16-20(26)24-22(27)23-15-19-13-8-14-28-19)21(17-9-4-2-5-10-17)18-11-6-3-7-12-18/h2-14,21H,15-16H2,1H3,(H2,23,24,26,27). The van der Waals surface area contributed by atoms with Crippen molar-refractivity contribution in [2.45, 2.75) is 12.6 Å². The molecule has 0 bridgehead atoms. The highest BCUT2D eigenvalue weighted by molar-refractivity contribution is 5.95. The zero-order chi connectivity index (χ0) is 19.8. The summed E-state index contributed by atoms with van der Waals surface area (Å²) in [6.45, 7) is 0.293. The molecule has 0 aliphatic rings. The molecule has 3 aromatic rings.